The molecule has 2 rings (SSSR count). The molecule has 0 amide bonds. The van der Waals surface area contributed by atoms with Crippen molar-refractivity contribution in [3.05, 3.63) is 35.4 Å². The van der Waals surface area contributed by atoms with Gasteiger partial charge >= 0.3 is 0 Å². The average molecular weight is 285 g/mol. The lowest BCUT2D eigenvalue weighted by Gasteiger charge is -2.09. The number of nitrogens with one attached hydrogen (secondary N) is 1. The van der Waals surface area contributed by atoms with Gasteiger partial charge in [0.25, 0.3) is 0 Å². The topological polar surface area (TPSA) is 55.6 Å². The molecule has 0 bridgehead atoms. The molecule has 0 spiro atoms. The summed E-state index contributed by atoms with van der Waals surface area (Å²) in [7, 11) is 0. The van der Waals surface area contributed by atoms with Crippen LogP contribution in [0.25, 0.3) is 5.69 Å². The van der Waals surface area contributed by atoms with E-state index in [2.05, 4.69) is 20.8 Å². The van der Waals surface area contributed by atoms with E-state index in [1.54, 1.807) is 0 Å². The zero-order valence-electron chi connectivity index (χ0n) is 11.1. The Kier molecular flexibility index (Phi) is 4.33. The van der Waals surface area contributed by atoms with Crippen molar-refractivity contribution >= 4 is 0 Å². The second kappa shape index (κ2) is 6.00. The van der Waals surface area contributed by atoms with Gasteiger partial charge in [-0.2, -0.15) is 4.68 Å². The van der Waals surface area contributed by atoms with Crippen molar-refractivity contribution in [2.75, 3.05) is 6.54 Å². The van der Waals surface area contributed by atoms with Crippen molar-refractivity contribution in [1.29, 1.82) is 0 Å². The van der Waals surface area contributed by atoms with E-state index in [9.17, 15) is 13.2 Å². The first-order chi connectivity index (χ1) is 9.49. The summed E-state index contributed by atoms with van der Waals surface area (Å²) >= 11 is 0. The molecule has 0 aliphatic rings. The number of hydrogen-bond donors (Lipinski definition) is 1. The van der Waals surface area contributed by atoms with Gasteiger partial charge in [-0.1, -0.05) is 13.8 Å². The number of halogens is 3. The highest BCUT2D eigenvalue weighted by molar-refractivity contribution is 5.34. The second-order valence-corrected chi connectivity index (χ2v) is 4.75. The summed E-state index contributed by atoms with van der Waals surface area (Å²) < 4.78 is 41.1. The second-order valence-electron chi connectivity index (χ2n) is 4.75. The van der Waals surface area contributed by atoms with Crippen molar-refractivity contribution in [2.24, 2.45) is 5.92 Å². The van der Waals surface area contributed by atoms with Crippen LogP contribution >= 0.6 is 0 Å². The Bertz CT molecular complexity index is 597. The SMILES string of the molecule is CC(C)CNCc1nnnn1-c1cc(F)cc(F)c1F. The maximum absolute atomic E-state index is 13.7. The maximum atomic E-state index is 13.7. The lowest BCUT2D eigenvalue weighted by atomic mass is 10.2. The summed E-state index contributed by atoms with van der Waals surface area (Å²) in [6, 6.07) is 1.32. The van der Waals surface area contributed by atoms with Crippen molar-refractivity contribution < 1.29 is 13.2 Å². The van der Waals surface area contributed by atoms with E-state index in [4.69, 9.17) is 0 Å². The third kappa shape index (κ3) is 3.13. The van der Waals surface area contributed by atoms with Gasteiger partial charge in [0.1, 0.15) is 11.5 Å². The van der Waals surface area contributed by atoms with E-state index in [1.165, 1.54) is 0 Å². The van der Waals surface area contributed by atoms with Crippen molar-refractivity contribution in [3.8, 4) is 5.69 Å². The molecule has 5 nitrogen and oxygen atoms in total. The normalized spacial score (nSPS) is 11.3. The van der Waals surface area contributed by atoms with E-state index in [1.807, 2.05) is 13.8 Å². The maximum Gasteiger partial charge on any atom is 0.184 e. The molecule has 0 aliphatic carbocycles. The Balaban J connectivity index is 2.28. The molecule has 1 aromatic heterocycles. The van der Waals surface area contributed by atoms with Crippen LogP contribution in [0.5, 0.6) is 0 Å². The Labute approximate surface area is 113 Å². The van der Waals surface area contributed by atoms with Crippen molar-refractivity contribution in [1.82, 2.24) is 25.5 Å². The minimum atomic E-state index is -1.28. The number of hydrogen-bond acceptors (Lipinski definition) is 4. The Hall–Kier alpha value is -1.96. The number of rotatable bonds is 5. The van der Waals surface area contributed by atoms with Gasteiger partial charge in [-0.25, -0.2) is 13.2 Å². The summed E-state index contributed by atoms with van der Waals surface area (Å²) in [4.78, 5) is 0. The quantitative estimate of drug-likeness (QED) is 0.851. The molecule has 20 heavy (non-hydrogen) atoms. The molecule has 1 N–H and O–H groups in total. The minimum Gasteiger partial charge on any atom is -0.310 e. The zero-order valence-corrected chi connectivity index (χ0v) is 11.1. The first-order valence-corrected chi connectivity index (χ1v) is 6.12. The molecule has 108 valence electrons. The summed E-state index contributed by atoms with van der Waals surface area (Å²) in [6.45, 7) is 5.03. The highest BCUT2D eigenvalue weighted by Gasteiger charge is 2.17. The largest absolute Gasteiger partial charge is 0.310 e. The van der Waals surface area contributed by atoms with Gasteiger partial charge in [-0.3, -0.25) is 0 Å². The van der Waals surface area contributed by atoms with Crippen molar-refractivity contribution in [3.63, 3.8) is 0 Å². The third-order valence-corrected chi connectivity index (χ3v) is 2.57. The monoisotopic (exact) mass is 285 g/mol. The van der Waals surface area contributed by atoms with E-state index in [0.717, 1.165) is 10.7 Å². The van der Waals surface area contributed by atoms with Gasteiger partial charge in [0.2, 0.25) is 0 Å². The smallest absolute Gasteiger partial charge is 0.184 e. The highest BCUT2D eigenvalue weighted by Crippen LogP contribution is 2.18. The molecule has 0 radical (unpaired) electrons. The minimum absolute atomic E-state index is 0.267. The standard InChI is InChI=1S/C12H14F3N5/c1-7(2)5-16-6-11-17-18-19-20(11)10-4-8(13)3-9(14)12(10)15/h3-4,7,16H,5-6H2,1-2H3. The molecule has 1 heterocycles. The van der Waals surface area contributed by atoms with Gasteiger partial charge < -0.3 is 5.32 Å². The fourth-order valence-corrected chi connectivity index (χ4v) is 1.67. The Morgan fingerprint density at radius 1 is 1.25 bits per heavy atom. The molecular formula is C12H14F3N5. The zero-order chi connectivity index (χ0) is 14.7. The predicted octanol–water partition coefficient (Wildman–Crippen LogP) is 1.83. The van der Waals surface area contributed by atoms with E-state index in [0.29, 0.717) is 18.5 Å². The molecule has 1 aromatic carbocycles. The lowest BCUT2D eigenvalue weighted by molar-refractivity contribution is 0.483. The predicted molar refractivity (Wildman–Crippen MR) is 65.6 cm³/mol. The first kappa shape index (κ1) is 14.4. The molecule has 0 atom stereocenters. The molecule has 0 aliphatic heterocycles. The molecular weight excluding hydrogens is 271 g/mol. The average Bonchev–Trinajstić information content (AvgIpc) is 2.81. The van der Waals surface area contributed by atoms with Crippen LogP contribution in [0.1, 0.15) is 19.7 Å². The van der Waals surface area contributed by atoms with Crippen LogP contribution in [-0.2, 0) is 6.54 Å². The van der Waals surface area contributed by atoms with Crippen molar-refractivity contribution in [2.45, 2.75) is 20.4 Å². The Morgan fingerprint density at radius 2 is 2.00 bits per heavy atom. The molecule has 0 fully saturated rings. The Morgan fingerprint density at radius 3 is 2.70 bits per heavy atom. The van der Waals surface area contributed by atoms with Crippen LogP contribution in [0.15, 0.2) is 12.1 Å². The third-order valence-electron chi connectivity index (χ3n) is 2.57. The van der Waals surface area contributed by atoms with Crippen LogP contribution in [0.2, 0.25) is 0 Å². The van der Waals surface area contributed by atoms with Gasteiger partial charge in [-0.15, -0.1) is 5.10 Å². The van der Waals surface area contributed by atoms with E-state index in [-0.39, 0.29) is 18.1 Å². The van der Waals surface area contributed by atoms with Crippen LogP contribution in [0, 0.1) is 23.4 Å². The molecule has 8 heteroatoms. The van der Waals surface area contributed by atoms with Crippen LogP contribution in [0.3, 0.4) is 0 Å². The van der Waals surface area contributed by atoms with Crippen LogP contribution < -0.4 is 5.32 Å². The number of benzene rings is 1. The lowest BCUT2D eigenvalue weighted by Crippen LogP contribution is -2.21. The number of tetrazole rings is 1. The van der Waals surface area contributed by atoms with Crippen LogP contribution in [-0.4, -0.2) is 26.8 Å². The molecule has 0 unspecified atom stereocenters. The summed E-state index contributed by atoms with van der Waals surface area (Å²) in [6.07, 6.45) is 0. The van der Waals surface area contributed by atoms with E-state index >= 15 is 0 Å². The van der Waals surface area contributed by atoms with Gasteiger partial charge in [-0.05, 0) is 22.9 Å². The summed E-state index contributed by atoms with van der Waals surface area (Å²) in [5, 5.41) is 13.8. The van der Waals surface area contributed by atoms with Gasteiger partial charge in [0, 0.05) is 12.1 Å². The van der Waals surface area contributed by atoms with E-state index < -0.39 is 17.5 Å². The fourth-order valence-electron chi connectivity index (χ4n) is 1.67. The highest BCUT2D eigenvalue weighted by atomic mass is 19.2. The number of aromatic nitrogens is 4. The van der Waals surface area contributed by atoms with Crippen LogP contribution in [0.4, 0.5) is 13.2 Å². The van der Waals surface area contributed by atoms with Gasteiger partial charge in [0.05, 0.1) is 6.54 Å². The molecule has 0 saturated heterocycles. The first-order valence-electron chi connectivity index (χ1n) is 6.12. The summed E-state index contributed by atoms with van der Waals surface area (Å²) in [5.74, 6) is -2.67. The number of nitrogens with zero attached hydrogens (tertiary/aromatic N) is 4. The molecule has 2 aromatic rings. The fraction of sp³-hybridized carbons (Fsp3) is 0.417. The van der Waals surface area contributed by atoms with Gasteiger partial charge in [0.15, 0.2) is 17.5 Å². The summed E-state index contributed by atoms with van der Waals surface area (Å²) in [5.41, 5.74) is -0.353. The molecule has 0 saturated carbocycles.